The van der Waals surface area contributed by atoms with Crippen LogP contribution in [0.2, 0.25) is 0 Å². The van der Waals surface area contributed by atoms with Crippen LogP contribution < -0.4 is 5.32 Å². The van der Waals surface area contributed by atoms with Gasteiger partial charge in [0.05, 0.1) is 6.61 Å². The van der Waals surface area contributed by atoms with Crippen LogP contribution >= 0.6 is 0 Å². The molecule has 0 aliphatic carbocycles. The van der Waals surface area contributed by atoms with E-state index in [4.69, 9.17) is 4.74 Å². The zero-order valence-corrected chi connectivity index (χ0v) is 13.9. The quantitative estimate of drug-likeness (QED) is 0.521. The normalized spacial score (nSPS) is 13.4. The Kier molecular flexibility index (Phi) is 12.8. The average Bonchev–Trinajstić information content (AvgIpc) is 2.38. The fourth-order valence-corrected chi connectivity index (χ4v) is 2.06. The molecule has 0 spiro atoms. The van der Waals surface area contributed by atoms with Crippen LogP contribution in [0.5, 0.6) is 0 Å². The molecule has 3 nitrogen and oxygen atoms in total. The van der Waals surface area contributed by atoms with Crippen LogP contribution in [0.3, 0.4) is 0 Å². The molecule has 0 rings (SSSR count). The molecule has 1 N–H and O–H groups in total. The van der Waals surface area contributed by atoms with Gasteiger partial charge in [-0.25, -0.2) is 0 Å². The second-order valence-electron chi connectivity index (χ2n) is 5.82. The van der Waals surface area contributed by atoms with Gasteiger partial charge < -0.3 is 15.0 Å². The lowest BCUT2D eigenvalue weighted by atomic mass is 10.1. The number of hydrogen-bond acceptors (Lipinski definition) is 3. The highest BCUT2D eigenvalue weighted by molar-refractivity contribution is 4.62. The van der Waals surface area contributed by atoms with Crippen molar-refractivity contribution in [2.24, 2.45) is 5.92 Å². The van der Waals surface area contributed by atoms with E-state index in [0.29, 0.717) is 6.04 Å². The SMILES string of the molecule is CCN(CC)CCCC(C)NCCOCCC(C)C. The van der Waals surface area contributed by atoms with E-state index in [0.717, 1.165) is 25.7 Å². The van der Waals surface area contributed by atoms with Crippen LogP contribution in [0.15, 0.2) is 0 Å². The molecule has 1 unspecified atom stereocenters. The van der Waals surface area contributed by atoms with Gasteiger partial charge in [0, 0.05) is 19.2 Å². The Bertz CT molecular complexity index is 182. The van der Waals surface area contributed by atoms with Crippen molar-refractivity contribution in [3.05, 3.63) is 0 Å². The molecule has 0 bridgehead atoms. The average molecular weight is 272 g/mol. The molecule has 0 aromatic carbocycles. The lowest BCUT2D eigenvalue weighted by Gasteiger charge is -2.19. The molecule has 0 amide bonds. The van der Waals surface area contributed by atoms with Crippen LogP contribution in [0.25, 0.3) is 0 Å². The third-order valence-corrected chi connectivity index (χ3v) is 3.58. The van der Waals surface area contributed by atoms with Crippen molar-refractivity contribution in [1.29, 1.82) is 0 Å². The first kappa shape index (κ1) is 18.9. The molecule has 0 heterocycles. The van der Waals surface area contributed by atoms with Crippen molar-refractivity contribution < 1.29 is 4.74 Å². The highest BCUT2D eigenvalue weighted by Crippen LogP contribution is 2.00. The zero-order valence-electron chi connectivity index (χ0n) is 13.9. The second kappa shape index (κ2) is 12.9. The summed E-state index contributed by atoms with van der Waals surface area (Å²) < 4.78 is 5.60. The molecule has 0 fully saturated rings. The Morgan fingerprint density at radius 1 is 1.00 bits per heavy atom. The van der Waals surface area contributed by atoms with Crippen LogP contribution in [0, 0.1) is 5.92 Å². The van der Waals surface area contributed by atoms with Crippen LogP contribution in [-0.4, -0.2) is 50.3 Å². The van der Waals surface area contributed by atoms with Gasteiger partial charge in [-0.05, 0) is 51.7 Å². The summed E-state index contributed by atoms with van der Waals surface area (Å²) in [6, 6.07) is 0.601. The fraction of sp³-hybridized carbons (Fsp3) is 1.00. The number of nitrogens with zero attached hydrogens (tertiary/aromatic N) is 1. The van der Waals surface area contributed by atoms with Gasteiger partial charge in [0.15, 0.2) is 0 Å². The molecular formula is C16H36N2O. The lowest BCUT2D eigenvalue weighted by molar-refractivity contribution is 0.123. The Balaban J connectivity index is 3.32. The second-order valence-corrected chi connectivity index (χ2v) is 5.82. The van der Waals surface area contributed by atoms with E-state index < -0.39 is 0 Å². The van der Waals surface area contributed by atoms with Crippen LogP contribution in [0.1, 0.15) is 53.9 Å². The molecule has 0 saturated heterocycles. The van der Waals surface area contributed by atoms with Gasteiger partial charge in [-0.3, -0.25) is 0 Å². The van der Waals surface area contributed by atoms with Gasteiger partial charge in [0.1, 0.15) is 0 Å². The van der Waals surface area contributed by atoms with Crippen molar-refractivity contribution in [1.82, 2.24) is 10.2 Å². The van der Waals surface area contributed by atoms with E-state index in [1.54, 1.807) is 0 Å². The van der Waals surface area contributed by atoms with Crippen molar-refractivity contribution in [3.8, 4) is 0 Å². The van der Waals surface area contributed by atoms with E-state index in [2.05, 4.69) is 44.8 Å². The zero-order chi connectivity index (χ0) is 14.5. The maximum atomic E-state index is 5.60. The topological polar surface area (TPSA) is 24.5 Å². The number of ether oxygens (including phenoxy) is 1. The molecule has 116 valence electrons. The van der Waals surface area contributed by atoms with Gasteiger partial charge in [-0.15, -0.1) is 0 Å². The minimum atomic E-state index is 0.601. The third-order valence-electron chi connectivity index (χ3n) is 3.58. The van der Waals surface area contributed by atoms with E-state index >= 15 is 0 Å². The first-order chi connectivity index (χ1) is 9.10. The first-order valence-corrected chi connectivity index (χ1v) is 8.13. The Labute approximate surface area is 121 Å². The molecule has 1 atom stereocenters. The molecule has 0 aromatic rings. The minimum Gasteiger partial charge on any atom is -0.380 e. The lowest BCUT2D eigenvalue weighted by Crippen LogP contribution is -2.31. The Morgan fingerprint density at radius 2 is 1.68 bits per heavy atom. The molecule has 0 saturated carbocycles. The van der Waals surface area contributed by atoms with Crippen molar-refractivity contribution >= 4 is 0 Å². The standard InChI is InChI=1S/C16H36N2O/c1-6-18(7-2)12-8-9-16(5)17-11-14-19-13-10-15(3)4/h15-17H,6-14H2,1-5H3. The summed E-state index contributed by atoms with van der Waals surface area (Å²) in [5.74, 6) is 0.743. The number of rotatable bonds is 13. The van der Waals surface area contributed by atoms with Crippen molar-refractivity contribution in [2.75, 3.05) is 39.4 Å². The summed E-state index contributed by atoms with van der Waals surface area (Å²) in [6.45, 7) is 17.5. The van der Waals surface area contributed by atoms with E-state index in [1.807, 2.05) is 0 Å². The summed E-state index contributed by atoms with van der Waals surface area (Å²) >= 11 is 0. The highest BCUT2D eigenvalue weighted by Gasteiger charge is 2.03. The van der Waals surface area contributed by atoms with Gasteiger partial charge >= 0.3 is 0 Å². The maximum Gasteiger partial charge on any atom is 0.0591 e. The third kappa shape index (κ3) is 12.6. The molecular weight excluding hydrogens is 236 g/mol. The maximum absolute atomic E-state index is 5.60. The molecule has 3 heteroatoms. The Hall–Kier alpha value is -0.120. The van der Waals surface area contributed by atoms with Gasteiger partial charge in [0.25, 0.3) is 0 Å². The smallest absolute Gasteiger partial charge is 0.0591 e. The summed E-state index contributed by atoms with van der Waals surface area (Å²) in [6.07, 6.45) is 3.70. The summed E-state index contributed by atoms with van der Waals surface area (Å²) in [5, 5.41) is 3.54. The van der Waals surface area contributed by atoms with E-state index in [9.17, 15) is 0 Å². The largest absolute Gasteiger partial charge is 0.380 e. The number of hydrogen-bond donors (Lipinski definition) is 1. The van der Waals surface area contributed by atoms with Gasteiger partial charge in [-0.1, -0.05) is 27.7 Å². The minimum absolute atomic E-state index is 0.601. The summed E-state index contributed by atoms with van der Waals surface area (Å²) in [7, 11) is 0. The first-order valence-electron chi connectivity index (χ1n) is 8.13. The van der Waals surface area contributed by atoms with E-state index in [-0.39, 0.29) is 0 Å². The number of nitrogens with one attached hydrogen (secondary N) is 1. The van der Waals surface area contributed by atoms with Crippen LogP contribution in [-0.2, 0) is 4.74 Å². The van der Waals surface area contributed by atoms with Crippen LogP contribution in [0.4, 0.5) is 0 Å². The Morgan fingerprint density at radius 3 is 2.26 bits per heavy atom. The predicted molar refractivity (Wildman–Crippen MR) is 84.8 cm³/mol. The molecule has 19 heavy (non-hydrogen) atoms. The van der Waals surface area contributed by atoms with Crippen molar-refractivity contribution in [3.63, 3.8) is 0 Å². The predicted octanol–water partition coefficient (Wildman–Crippen LogP) is 3.15. The van der Waals surface area contributed by atoms with Gasteiger partial charge in [0.2, 0.25) is 0 Å². The fourth-order valence-electron chi connectivity index (χ4n) is 2.06. The van der Waals surface area contributed by atoms with Gasteiger partial charge in [-0.2, -0.15) is 0 Å². The van der Waals surface area contributed by atoms with Crippen molar-refractivity contribution in [2.45, 2.75) is 59.9 Å². The molecule has 0 aliphatic rings. The summed E-state index contributed by atoms with van der Waals surface area (Å²) in [5.41, 5.74) is 0. The monoisotopic (exact) mass is 272 g/mol. The van der Waals surface area contributed by atoms with E-state index in [1.165, 1.54) is 38.9 Å². The molecule has 0 radical (unpaired) electrons. The highest BCUT2D eigenvalue weighted by atomic mass is 16.5. The molecule has 0 aromatic heterocycles. The summed E-state index contributed by atoms with van der Waals surface area (Å²) in [4.78, 5) is 2.49. The molecule has 0 aliphatic heterocycles.